The fraction of sp³-hybridized carbons (Fsp3) is 0.231. The van der Waals surface area contributed by atoms with Gasteiger partial charge in [-0.3, -0.25) is 14.4 Å². The van der Waals surface area contributed by atoms with E-state index in [1.165, 1.54) is 12.1 Å². The number of rotatable bonds is 5. The number of nitrogens with two attached hydrogens (primary N) is 1. The first kappa shape index (κ1) is 14.5. The van der Waals surface area contributed by atoms with Gasteiger partial charge in [0.05, 0.1) is 12.8 Å². The van der Waals surface area contributed by atoms with Gasteiger partial charge >= 0.3 is 5.97 Å². The van der Waals surface area contributed by atoms with Crippen molar-refractivity contribution >= 4 is 29.4 Å². The molecule has 0 radical (unpaired) electrons. The zero-order chi connectivity index (χ0) is 15.6. The van der Waals surface area contributed by atoms with Crippen LogP contribution in [0.1, 0.15) is 22.3 Å². The lowest BCUT2D eigenvalue weighted by atomic mass is 10.1. The minimum absolute atomic E-state index is 0.167. The summed E-state index contributed by atoms with van der Waals surface area (Å²) in [4.78, 5) is 45.0. The van der Waals surface area contributed by atoms with Gasteiger partial charge in [-0.05, 0) is 23.8 Å². The van der Waals surface area contributed by atoms with Crippen LogP contribution in [0.15, 0.2) is 18.2 Å². The first-order chi connectivity index (χ1) is 9.86. The monoisotopic (exact) mass is 291 g/mol. The summed E-state index contributed by atoms with van der Waals surface area (Å²) in [6.45, 7) is 0. The van der Waals surface area contributed by atoms with Gasteiger partial charge < -0.3 is 21.5 Å². The Morgan fingerprint density at radius 2 is 2.10 bits per heavy atom. The number of anilines is 1. The van der Waals surface area contributed by atoms with E-state index in [9.17, 15) is 19.2 Å². The Morgan fingerprint density at radius 1 is 1.38 bits per heavy atom. The lowest BCUT2D eigenvalue weighted by Gasteiger charge is -2.13. The predicted octanol–water partition coefficient (Wildman–Crippen LogP) is -0.760. The highest BCUT2D eigenvalue weighted by atomic mass is 16.4. The average Bonchev–Trinajstić information content (AvgIpc) is 2.76. The third-order valence-corrected chi connectivity index (χ3v) is 3.00. The zero-order valence-electron chi connectivity index (χ0n) is 10.9. The number of hydrogen-bond acceptors (Lipinski definition) is 4. The number of fused-ring (bicyclic) bond motifs is 1. The molecule has 1 aliphatic heterocycles. The molecule has 1 aromatic rings. The Labute approximate surface area is 119 Å². The summed E-state index contributed by atoms with van der Waals surface area (Å²) in [5.41, 5.74) is 6.43. The van der Waals surface area contributed by atoms with Gasteiger partial charge in [0.1, 0.15) is 6.04 Å². The molecule has 0 aliphatic carbocycles. The number of carboxylic acid groups (broad SMARTS) is 1. The number of amides is 3. The molecule has 0 bridgehead atoms. The molecule has 3 amide bonds. The number of hydrogen-bond donors (Lipinski definition) is 4. The molecule has 110 valence electrons. The van der Waals surface area contributed by atoms with Crippen LogP contribution >= 0.6 is 0 Å². The molecular formula is C13H13N3O5. The van der Waals surface area contributed by atoms with Gasteiger partial charge in [-0.1, -0.05) is 0 Å². The van der Waals surface area contributed by atoms with Crippen LogP contribution in [0.25, 0.3) is 0 Å². The molecule has 0 spiro atoms. The van der Waals surface area contributed by atoms with E-state index >= 15 is 0 Å². The van der Waals surface area contributed by atoms with E-state index in [-0.39, 0.29) is 17.9 Å². The van der Waals surface area contributed by atoms with Crippen LogP contribution in [0.3, 0.4) is 0 Å². The van der Waals surface area contributed by atoms with Crippen LogP contribution in [0.4, 0.5) is 5.69 Å². The number of carbonyl (C=O) groups excluding carboxylic acids is 3. The van der Waals surface area contributed by atoms with Crippen molar-refractivity contribution in [3.05, 3.63) is 29.3 Å². The molecule has 5 N–H and O–H groups in total. The Balaban J connectivity index is 2.13. The maximum atomic E-state index is 12.0. The van der Waals surface area contributed by atoms with E-state index in [0.717, 1.165) is 0 Å². The van der Waals surface area contributed by atoms with Crippen LogP contribution in [0.2, 0.25) is 0 Å². The van der Waals surface area contributed by atoms with Crippen LogP contribution in [0.5, 0.6) is 0 Å². The van der Waals surface area contributed by atoms with Crippen LogP contribution < -0.4 is 16.4 Å². The van der Waals surface area contributed by atoms with Crippen molar-refractivity contribution in [1.82, 2.24) is 5.32 Å². The maximum absolute atomic E-state index is 12.0. The Kier molecular flexibility index (Phi) is 3.88. The fourth-order valence-corrected chi connectivity index (χ4v) is 2.01. The lowest BCUT2D eigenvalue weighted by Crippen LogP contribution is -2.43. The molecule has 21 heavy (non-hydrogen) atoms. The standard InChI is InChI=1S/C13H13N3O5/c14-10(17)5-9(13(20)21)16-12(19)6-1-2-8-7(3-6)4-11(18)15-8/h1-3,9H,4-5H2,(H2,14,17)(H,15,18)(H,16,19)(H,20,21)/t9-/m0/s1. The number of primary amides is 1. The third kappa shape index (κ3) is 3.35. The van der Waals surface area contributed by atoms with Gasteiger partial charge in [-0.15, -0.1) is 0 Å². The number of benzene rings is 1. The summed E-state index contributed by atoms with van der Waals surface area (Å²) in [7, 11) is 0. The number of nitrogens with one attached hydrogen (secondary N) is 2. The summed E-state index contributed by atoms with van der Waals surface area (Å²) < 4.78 is 0. The van der Waals surface area contributed by atoms with Crippen molar-refractivity contribution in [2.45, 2.75) is 18.9 Å². The highest BCUT2D eigenvalue weighted by molar-refractivity contribution is 6.02. The molecule has 1 aliphatic rings. The van der Waals surface area contributed by atoms with Crippen molar-refractivity contribution in [1.29, 1.82) is 0 Å². The smallest absolute Gasteiger partial charge is 0.326 e. The second-order valence-corrected chi connectivity index (χ2v) is 4.63. The van der Waals surface area contributed by atoms with Gasteiger partial charge in [0.25, 0.3) is 5.91 Å². The minimum atomic E-state index is -1.39. The third-order valence-electron chi connectivity index (χ3n) is 3.00. The molecule has 0 saturated heterocycles. The normalized spacial score (nSPS) is 14.0. The first-order valence-corrected chi connectivity index (χ1v) is 6.11. The molecule has 1 aromatic carbocycles. The highest BCUT2D eigenvalue weighted by Crippen LogP contribution is 2.23. The minimum Gasteiger partial charge on any atom is -0.480 e. The fourth-order valence-electron chi connectivity index (χ4n) is 2.01. The van der Waals surface area contributed by atoms with Crippen molar-refractivity contribution in [3.8, 4) is 0 Å². The number of aliphatic carboxylic acids is 1. The van der Waals surface area contributed by atoms with Crippen molar-refractivity contribution < 1.29 is 24.3 Å². The number of carbonyl (C=O) groups is 4. The zero-order valence-corrected chi connectivity index (χ0v) is 10.9. The quantitative estimate of drug-likeness (QED) is 0.564. The second-order valence-electron chi connectivity index (χ2n) is 4.63. The van der Waals surface area contributed by atoms with Crippen LogP contribution in [-0.4, -0.2) is 34.8 Å². The van der Waals surface area contributed by atoms with E-state index in [4.69, 9.17) is 10.8 Å². The second kappa shape index (κ2) is 5.61. The molecule has 1 heterocycles. The van der Waals surface area contributed by atoms with Gasteiger partial charge in [-0.2, -0.15) is 0 Å². The number of carboxylic acids is 1. The van der Waals surface area contributed by atoms with Gasteiger partial charge in [0.15, 0.2) is 0 Å². The molecule has 0 unspecified atom stereocenters. The molecule has 0 saturated carbocycles. The summed E-state index contributed by atoms with van der Waals surface area (Å²) in [5.74, 6) is -2.99. The summed E-state index contributed by atoms with van der Waals surface area (Å²) in [6.07, 6.45) is -0.327. The van der Waals surface area contributed by atoms with E-state index in [0.29, 0.717) is 11.3 Å². The van der Waals surface area contributed by atoms with Crippen molar-refractivity contribution in [2.24, 2.45) is 5.73 Å². The summed E-state index contributed by atoms with van der Waals surface area (Å²) in [6, 6.07) is 3.15. The van der Waals surface area contributed by atoms with Gasteiger partial charge in [0, 0.05) is 11.3 Å². The summed E-state index contributed by atoms with van der Waals surface area (Å²) >= 11 is 0. The van der Waals surface area contributed by atoms with Crippen LogP contribution in [-0.2, 0) is 20.8 Å². The Morgan fingerprint density at radius 3 is 2.71 bits per heavy atom. The first-order valence-electron chi connectivity index (χ1n) is 6.11. The SMILES string of the molecule is NC(=O)C[C@H](NC(=O)c1ccc2c(c1)CC(=O)N2)C(=O)O. The average molecular weight is 291 g/mol. The van der Waals surface area contributed by atoms with E-state index in [2.05, 4.69) is 10.6 Å². The molecule has 8 heteroatoms. The Hall–Kier alpha value is -2.90. The predicted molar refractivity (Wildman–Crippen MR) is 71.5 cm³/mol. The van der Waals surface area contributed by atoms with Gasteiger partial charge in [-0.25, -0.2) is 4.79 Å². The van der Waals surface area contributed by atoms with E-state index in [1.54, 1.807) is 6.07 Å². The van der Waals surface area contributed by atoms with E-state index in [1.807, 2.05) is 0 Å². The van der Waals surface area contributed by atoms with Crippen LogP contribution in [0, 0.1) is 0 Å². The lowest BCUT2D eigenvalue weighted by molar-refractivity contribution is -0.140. The molecule has 0 aromatic heterocycles. The van der Waals surface area contributed by atoms with E-state index < -0.39 is 30.2 Å². The van der Waals surface area contributed by atoms with Crippen molar-refractivity contribution in [2.75, 3.05) is 5.32 Å². The highest BCUT2D eigenvalue weighted by Gasteiger charge is 2.24. The Bertz CT molecular complexity index is 641. The summed E-state index contributed by atoms with van der Waals surface area (Å²) in [5, 5.41) is 13.8. The molecular weight excluding hydrogens is 278 g/mol. The topological polar surface area (TPSA) is 139 Å². The largest absolute Gasteiger partial charge is 0.480 e. The molecule has 1 atom stereocenters. The maximum Gasteiger partial charge on any atom is 0.326 e. The molecule has 2 rings (SSSR count). The molecule has 8 nitrogen and oxygen atoms in total. The molecule has 0 fully saturated rings. The van der Waals surface area contributed by atoms with Gasteiger partial charge in [0.2, 0.25) is 11.8 Å². The van der Waals surface area contributed by atoms with Crippen molar-refractivity contribution in [3.63, 3.8) is 0 Å².